The van der Waals surface area contributed by atoms with E-state index in [2.05, 4.69) is 15.6 Å². The molecule has 0 spiro atoms. The Morgan fingerprint density at radius 2 is 1.54 bits per heavy atom. The molecule has 0 saturated heterocycles. The number of H-pyrrole nitrogens is 1. The first-order chi connectivity index (χ1) is 18.8. The molecule has 2 amide bonds. The van der Waals surface area contributed by atoms with Crippen molar-refractivity contribution in [1.29, 1.82) is 5.41 Å². The number of carbonyl (C=O) groups is 3. The van der Waals surface area contributed by atoms with Crippen LogP contribution in [0.1, 0.15) is 73.5 Å². The van der Waals surface area contributed by atoms with Crippen molar-refractivity contribution in [1.82, 2.24) is 15.6 Å². The smallest absolute Gasteiger partial charge is 0.413 e. The molecule has 0 atom stereocenters. The molecule has 1 heterocycles. The summed E-state index contributed by atoms with van der Waals surface area (Å²) in [6.45, 7) is 10.5. The molecule has 41 heavy (non-hydrogen) atoms. The number of alkyl carbamates (subject to hydrolysis) is 1. The Labute approximate surface area is 239 Å². The van der Waals surface area contributed by atoms with Gasteiger partial charge in [0.15, 0.2) is 9.84 Å². The number of esters is 1. The molecule has 0 radical (unpaired) electrons. The zero-order valence-corrected chi connectivity index (χ0v) is 25.0. The summed E-state index contributed by atoms with van der Waals surface area (Å²) in [7, 11) is -3.36. The Morgan fingerprint density at radius 3 is 2.10 bits per heavy atom. The highest BCUT2D eigenvalue weighted by Gasteiger charge is 2.28. The largest absolute Gasteiger partial charge is 0.455 e. The predicted molar refractivity (Wildman–Crippen MR) is 155 cm³/mol. The minimum Gasteiger partial charge on any atom is -0.455 e. The molecule has 11 nitrogen and oxygen atoms in total. The van der Waals surface area contributed by atoms with E-state index in [0.717, 1.165) is 11.8 Å². The van der Waals surface area contributed by atoms with Gasteiger partial charge in [0.25, 0.3) is 5.91 Å². The summed E-state index contributed by atoms with van der Waals surface area (Å²) in [5.74, 6) is -1.38. The minimum absolute atomic E-state index is 0.0129. The number of sulfone groups is 1. The van der Waals surface area contributed by atoms with E-state index in [9.17, 15) is 22.8 Å². The molecule has 0 fully saturated rings. The van der Waals surface area contributed by atoms with Gasteiger partial charge in [-0.25, -0.2) is 18.0 Å². The number of rotatable bonds is 7. The third-order valence-electron chi connectivity index (χ3n) is 5.59. The Kier molecular flexibility index (Phi) is 8.97. The summed E-state index contributed by atoms with van der Waals surface area (Å²) in [6.07, 6.45) is 0.679. The van der Waals surface area contributed by atoms with Gasteiger partial charge in [-0.1, -0.05) is 6.07 Å². The van der Waals surface area contributed by atoms with Crippen LogP contribution in [0.3, 0.4) is 0 Å². The fourth-order valence-electron chi connectivity index (χ4n) is 3.88. The molecule has 1 aromatic heterocycles. The van der Waals surface area contributed by atoms with E-state index < -0.39 is 33.1 Å². The first kappa shape index (κ1) is 31.3. The van der Waals surface area contributed by atoms with Crippen molar-refractivity contribution in [2.45, 2.75) is 64.1 Å². The molecule has 0 aliphatic heterocycles. The van der Waals surface area contributed by atoms with E-state index in [1.54, 1.807) is 53.7 Å². The maximum Gasteiger partial charge on any atom is 0.413 e. The fraction of sp³-hybridized carbons (Fsp3) is 0.379. The number of benzene rings is 2. The van der Waals surface area contributed by atoms with Crippen LogP contribution in [-0.4, -0.2) is 61.2 Å². The van der Waals surface area contributed by atoms with Gasteiger partial charge in [0.05, 0.1) is 10.5 Å². The van der Waals surface area contributed by atoms with Crippen molar-refractivity contribution in [3.05, 3.63) is 64.8 Å². The lowest BCUT2D eigenvalue weighted by Crippen LogP contribution is -2.37. The van der Waals surface area contributed by atoms with Crippen molar-refractivity contribution in [3.63, 3.8) is 0 Å². The van der Waals surface area contributed by atoms with Crippen molar-refractivity contribution in [3.8, 4) is 0 Å². The number of amidine groups is 1. The number of amides is 2. The maximum atomic E-state index is 13.0. The van der Waals surface area contributed by atoms with Gasteiger partial charge in [-0.15, -0.1) is 0 Å². The first-order valence-corrected chi connectivity index (χ1v) is 14.8. The quantitative estimate of drug-likeness (QED) is 0.182. The number of aromatic amines is 1. The number of nitrogens with one attached hydrogen (secondary N) is 4. The van der Waals surface area contributed by atoms with Crippen LogP contribution in [0.2, 0.25) is 0 Å². The second-order valence-electron chi connectivity index (χ2n) is 11.6. The van der Waals surface area contributed by atoms with E-state index in [-0.39, 0.29) is 34.4 Å². The van der Waals surface area contributed by atoms with Gasteiger partial charge < -0.3 is 19.8 Å². The van der Waals surface area contributed by atoms with Crippen molar-refractivity contribution in [2.75, 3.05) is 12.8 Å². The lowest BCUT2D eigenvalue weighted by Gasteiger charge is -2.21. The van der Waals surface area contributed by atoms with Crippen LogP contribution in [0.4, 0.5) is 4.79 Å². The van der Waals surface area contributed by atoms with Gasteiger partial charge in [0.2, 0.25) is 0 Å². The molecular weight excluding hydrogens is 548 g/mol. The van der Waals surface area contributed by atoms with Crippen LogP contribution in [0.25, 0.3) is 10.9 Å². The van der Waals surface area contributed by atoms with E-state index in [1.165, 1.54) is 24.3 Å². The maximum absolute atomic E-state index is 13.0. The van der Waals surface area contributed by atoms with Crippen molar-refractivity contribution >= 4 is 44.5 Å². The number of fused-ring (bicyclic) bond motifs is 1. The lowest BCUT2D eigenvalue weighted by atomic mass is 10.0. The number of aromatic nitrogens is 1. The van der Waals surface area contributed by atoms with Crippen LogP contribution in [-0.2, 0) is 25.7 Å². The highest BCUT2D eigenvalue weighted by Crippen LogP contribution is 2.26. The molecule has 4 N–H and O–H groups in total. The van der Waals surface area contributed by atoms with Gasteiger partial charge >= 0.3 is 12.1 Å². The Morgan fingerprint density at radius 1 is 0.927 bits per heavy atom. The zero-order chi connectivity index (χ0) is 30.8. The van der Waals surface area contributed by atoms with E-state index >= 15 is 0 Å². The number of ether oxygens (including phenoxy) is 2. The average molecular weight is 585 g/mol. The van der Waals surface area contributed by atoms with Gasteiger partial charge in [0, 0.05) is 29.3 Å². The molecule has 0 bridgehead atoms. The Bertz CT molecular complexity index is 1590. The molecule has 0 aliphatic carbocycles. The van der Waals surface area contributed by atoms with E-state index in [4.69, 9.17) is 14.9 Å². The Balaban J connectivity index is 1.84. The lowest BCUT2D eigenvalue weighted by molar-refractivity contribution is 0.00629. The average Bonchev–Trinajstić information content (AvgIpc) is 3.20. The molecular formula is C29H36N4O7S. The second kappa shape index (κ2) is 11.7. The summed E-state index contributed by atoms with van der Waals surface area (Å²) in [5, 5.41) is 14.3. The third kappa shape index (κ3) is 8.65. The standard InChI is InChI=1S/C29H36N4O7S/c1-28(2,3)39-26(35)23-22(24(30)33-27(36)40-29(4,5)6)20-16-17(8-13-21(20)32-23)14-15-31-25(34)18-9-11-19(12-10-18)41(7,37)38/h8-13,16,32H,14-15H2,1-7H3,(H,31,34)(H2,30,33,36). The van der Waals surface area contributed by atoms with E-state index in [1.807, 2.05) is 6.07 Å². The van der Waals surface area contributed by atoms with E-state index in [0.29, 0.717) is 22.9 Å². The summed E-state index contributed by atoms with van der Waals surface area (Å²) in [6, 6.07) is 11.0. The van der Waals surface area contributed by atoms with Gasteiger partial charge in [0.1, 0.15) is 22.7 Å². The van der Waals surface area contributed by atoms with Crippen LogP contribution >= 0.6 is 0 Å². The van der Waals surface area contributed by atoms with Gasteiger partial charge in [-0.3, -0.25) is 15.5 Å². The van der Waals surface area contributed by atoms with Crippen molar-refractivity contribution < 1.29 is 32.3 Å². The molecule has 220 valence electrons. The molecule has 3 rings (SSSR count). The third-order valence-corrected chi connectivity index (χ3v) is 6.71. The minimum atomic E-state index is -3.36. The van der Waals surface area contributed by atoms with Gasteiger partial charge in [-0.2, -0.15) is 0 Å². The van der Waals surface area contributed by atoms with Gasteiger partial charge in [-0.05, 0) is 89.9 Å². The van der Waals surface area contributed by atoms with Crippen LogP contribution in [0, 0.1) is 5.41 Å². The van der Waals surface area contributed by atoms with Crippen LogP contribution < -0.4 is 10.6 Å². The number of hydrogen-bond acceptors (Lipinski definition) is 8. The van der Waals surface area contributed by atoms with Crippen LogP contribution in [0.15, 0.2) is 47.4 Å². The molecule has 0 saturated carbocycles. The Hall–Kier alpha value is -4.19. The van der Waals surface area contributed by atoms with Crippen LogP contribution in [0.5, 0.6) is 0 Å². The fourth-order valence-corrected chi connectivity index (χ4v) is 4.51. The van der Waals surface area contributed by atoms with Crippen molar-refractivity contribution in [2.24, 2.45) is 0 Å². The first-order valence-electron chi connectivity index (χ1n) is 12.9. The summed E-state index contributed by atoms with van der Waals surface area (Å²) in [4.78, 5) is 41.1. The highest BCUT2D eigenvalue weighted by molar-refractivity contribution is 7.90. The summed E-state index contributed by atoms with van der Waals surface area (Å²) >= 11 is 0. The summed E-state index contributed by atoms with van der Waals surface area (Å²) in [5.41, 5.74) is 0.259. The predicted octanol–water partition coefficient (Wildman–Crippen LogP) is 4.35. The second-order valence-corrected chi connectivity index (χ2v) is 13.6. The highest BCUT2D eigenvalue weighted by atomic mass is 32.2. The zero-order valence-electron chi connectivity index (χ0n) is 24.2. The number of hydrogen-bond donors (Lipinski definition) is 4. The monoisotopic (exact) mass is 584 g/mol. The molecule has 12 heteroatoms. The molecule has 0 unspecified atom stereocenters. The molecule has 0 aliphatic rings. The summed E-state index contributed by atoms with van der Waals surface area (Å²) < 4.78 is 34.1. The normalized spacial score (nSPS) is 12.1. The number of carbonyl (C=O) groups excluding carboxylic acids is 3. The molecule has 2 aromatic carbocycles. The topological polar surface area (TPSA) is 168 Å². The molecule has 3 aromatic rings. The SMILES string of the molecule is CC(C)(C)OC(=O)NC(=N)c1c(C(=O)OC(C)(C)C)[nH]c2ccc(CCNC(=O)c3ccc(S(C)(=O)=O)cc3)cc12.